The summed E-state index contributed by atoms with van der Waals surface area (Å²) in [5.41, 5.74) is 0. The van der Waals surface area contributed by atoms with Crippen molar-refractivity contribution in [3.05, 3.63) is 0 Å². The molecule has 0 spiro atoms. The lowest BCUT2D eigenvalue weighted by Crippen LogP contribution is -2.37. The first-order chi connectivity index (χ1) is 5.86. The van der Waals surface area contributed by atoms with Crippen LogP contribution < -0.4 is 10.6 Å². The highest BCUT2D eigenvalue weighted by Crippen LogP contribution is 2.22. The second kappa shape index (κ2) is 5.30. The summed E-state index contributed by atoms with van der Waals surface area (Å²) in [4.78, 5) is 4.06. The maximum atomic E-state index is 4.06. The molecule has 1 rings (SSSR count). The summed E-state index contributed by atoms with van der Waals surface area (Å²) in [6.07, 6.45) is 1.35. The first-order valence-corrected chi connectivity index (χ1v) is 5.48. The van der Waals surface area contributed by atoms with Crippen molar-refractivity contribution in [1.29, 1.82) is 0 Å². The maximum absolute atomic E-state index is 4.06. The van der Waals surface area contributed by atoms with E-state index in [9.17, 15) is 0 Å². The van der Waals surface area contributed by atoms with Gasteiger partial charge < -0.3 is 10.6 Å². The quantitative estimate of drug-likeness (QED) is 0.489. The molecule has 1 aliphatic heterocycles. The van der Waals surface area contributed by atoms with E-state index in [4.69, 9.17) is 0 Å². The van der Waals surface area contributed by atoms with Crippen molar-refractivity contribution in [3.8, 4) is 0 Å². The van der Waals surface area contributed by atoms with E-state index >= 15 is 0 Å². The average molecular weight is 187 g/mol. The van der Waals surface area contributed by atoms with Crippen molar-refractivity contribution in [1.82, 2.24) is 10.6 Å². The minimum Gasteiger partial charge on any atom is -0.359 e. The van der Waals surface area contributed by atoms with E-state index in [2.05, 4.69) is 15.6 Å². The second-order valence-electron chi connectivity index (χ2n) is 2.93. The van der Waals surface area contributed by atoms with Gasteiger partial charge in [0.2, 0.25) is 0 Å². The van der Waals surface area contributed by atoms with E-state index in [-0.39, 0.29) is 0 Å². The van der Waals surface area contributed by atoms with Crippen LogP contribution in [0.3, 0.4) is 0 Å². The molecular weight excluding hydrogens is 170 g/mol. The van der Waals surface area contributed by atoms with Gasteiger partial charge in [0, 0.05) is 20.6 Å². The molecule has 0 aliphatic carbocycles. The predicted octanol–water partition coefficient (Wildman–Crippen LogP) is 0.534. The Bertz CT molecular complexity index is 152. The average Bonchev–Trinajstić information content (AvgIpc) is 2.59. The monoisotopic (exact) mass is 187 g/mol. The molecule has 1 heterocycles. The maximum Gasteiger partial charge on any atom is 0.190 e. The smallest absolute Gasteiger partial charge is 0.190 e. The Morgan fingerprint density at radius 2 is 2.50 bits per heavy atom. The zero-order chi connectivity index (χ0) is 8.81. The molecule has 4 heteroatoms. The van der Waals surface area contributed by atoms with Crippen LogP contribution in [0.5, 0.6) is 0 Å². The fourth-order valence-electron chi connectivity index (χ4n) is 1.26. The Hall–Kier alpha value is -0.380. The van der Waals surface area contributed by atoms with Crippen molar-refractivity contribution in [3.63, 3.8) is 0 Å². The van der Waals surface area contributed by atoms with E-state index in [1.165, 1.54) is 17.9 Å². The van der Waals surface area contributed by atoms with Crippen LogP contribution in [-0.2, 0) is 0 Å². The number of nitrogens with zero attached hydrogens (tertiary/aromatic N) is 1. The van der Waals surface area contributed by atoms with Crippen molar-refractivity contribution in [2.45, 2.75) is 6.42 Å². The topological polar surface area (TPSA) is 36.4 Å². The van der Waals surface area contributed by atoms with Crippen molar-refractivity contribution in [2.24, 2.45) is 10.9 Å². The Labute approximate surface area is 78.4 Å². The molecule has 12 heavy (non-hydrogen) atoms. The number of aliphatic imine (C=N–C) groups is 1. The lowest BCUT2D eigenvalue weighted by atomic mass is 10.1. The summed E-state index contributed by atoms with van der Waals surface area (Å²) in [6, 6.07) is 0. The minimum absolute atomic E-state index is 0.833. The van der Waals surface area contributed by atoms with Crippen LogP contribution in [0.15, 0.2) is 4.99 Å². The first-order valence-electron chi connectivity index (χ1n) is 4.33. The number of nitrogens with one attached hydrogen (secondary N) is 2. The van der Waals surface area contributed by atoms with Crippen LogP contribution in [0.4, 0.5) is 0 Å². The second-order valence-corrected chi connectivity index (χ2v) is 4.08. The van der Waals surface area contributed by atoms with Gasteiger partial charge in [-0.3, -0.25) is 4.99 Å². The van der Waals surface area contributed by atoms with Crippen LogP contribution in [0, 0.1) is 5.92 Å². The number of thioether (sulfide) groups is 1. The predicted molar refractivity (Wildman–Crippen MR) is 55.9 cm³/mol. The van der Waals surface area contributed by atoms with Crippen molar-refractivity contribution >= 4 is 17.7 Å². The Balaban J connectivity index is 2.15. The highest BCUT2D eigenvalue weighted by molar-refractivity contribution is 7.99. The molecule has 0 aromatic rings. The van der Waals surface area contributed by atoms with Gasteiger partial charge >= 0.3 is 0 Å². The van der Waals surface area contributed by atoms with Crippen LogP contribution in [0.1, 0.15) is 6.42 Å². The Morgan fingerprint density at radius 1 is 1.67 bits per heavy atom. The van der Waals surface area contributed by atoms with Crippen molar-refractivity contribution < 1.29 is 0 Å². The van der Waals surface area contributed by atoms with Gasteiger partial charge in [-0.15, -0.1) is 0 Å². The molecular formula is C8H17N3S. The molecule has 0 bridgehead atoms. The number of guanidine groups is 1. The summed E-state index contributed by atoms with van der Waals surface area (Å²) < 4.78 is 0. The third-order valence-corrected chi connectivity index (χ3v) is 3.27. The molecule has 1 unspecified atom stereocenters. The Morgan fingerprint density at radius 3 is 3.00 bits per heavy atom. The zero-order valence-electron chi connectivity index (χ0n) is 7.76. The zero-order valence-corrected chi connectivity index (χ0v) is 8.58. The van der Waals surface area contributed by atoms with Gasteiger partial charge in [-0.05, 0) is 23.8 Å². The summed E-state index contributed by atoms with van der Waals surface area (Å²) in [7, 11) is 3.68. The fraction of sp³-hybridized carbons (Fsp3) is 0.875. The molecule has 1 fully saturated rings. The largest absolute Gasteiger partial charge is 0.359 e. The number of hydrogen-bond acceptors (Lipinski definition) is 2. The highest BCUT2D eigenvalue weighted by atomic mass is 32.2. The summed E-state index contributed by atoms with van der Waals surface area (Å²) >= 11 is 2.05. The molecule has 1 aliphatic rings. The first kappa shape index (κ1) is 9.71. The molecule has 0 amide bonds. The molecule has 1 atom stereocenters. The van der Waals surface area contributed by atoms with Gasteiger partial charge in [-0.2, -0.15) is 11.8 Å². The summed E-state index contributed by atoms with van der Waals surface area (Å²) in [5, 5.41) is 6.29. The van der Waals surface area contributed by atoms with Gasteiger partial charge in [-0.1, -0.05) is 0 Å². The standard InChI is InChI=1S/C8H17N3S/c1-9-8(10-2)11-5-7-3-4-12-6-7/h7H,3-6H2,1-2H3,(H2,9,10,11). The lowest BCUT2D eigenvalue weighted by Gasteiger charge is -2.11. The molecule has 0 aromatic heterocycles. The van der Waals surface area contributed by atoms with Crippen LogP contribution in [-0.4, -0.2) is 38.1 Å². The van der Waals surface area contributed by atoms with Crippen LogP contribution >= 0.6 is 11.8 Å². The number of hydrogen-bond donors (Lipinski definition) is 2. The number of rotatable bonds is 2. The highest BCUT2D eigenvalue weighted by Gasteiger charge is 2.14. The van der Waals surface area contributed by atoms with Crippen molar-refractivity contribution in [2.75, 3.05) is 32.1 Å². The third kappa shape index (κ3) is 2.93. The van der Waals surface area contributed by atoms with E-state index in [1.807, 2.05) is 18.8 Å². The molecule has 70 valence electrons. The van der Waals surface area contributed by atoms with Gasteiger partial charge in [0.15, 0.2) is 5.96 Å². The molecule has 1 saturated heterocycles. The molecule has 0 saturated carbocycles. The van der Waals surface area contributed by atoms with E-state index in [1.54, 1.807) is 7.05 Å². The van der Waals surface area contributed by atoms with Crippen LogP contribution in [0.2, 0.25) is 0 Å². The fourth-order valence-corrected chi connectivity index (χ4v) is 2.55. The minimum atomic E-state index is 0.833. The van der Waals surface area contributed by atoms with Gasteiger partial charge in [0.1, 0.15) is 0 Å². The molecule has 0 aromatic carbocycles. The molecule has 0 radical (unpaired) electrons. The SMILES string of the molecule is CN=C(NC)NCC1CCSC1. The van der Waals surface area contributed by atoms with Gasteiger partial charge in [-0.25, -0.2) is 0 Å². The summed E-state index contributed by atoms with van der Waals surface area (Å²) in [5.74, 6) is 4.35. The molecule has 3 nitrogen and oxygen atoms in total. The van der Waals surface area contributed by atoms with Crippen LogP contribution in [0.25, 0.3) is 0 Å². The van der Waals surface area contributed by atoms with E-state index in [0.29, 0.717) is 0 Å². The van der Waals surface area contributed by atoms with Gasteiger partial charge in [0.25, 0.3) is 0 Å². The third-order valence-electron chi connectivity index (χ3n) is 2.04. The van der Waals surface area contributed by atoms with E-state index < -0.39 is 0 Å². The lowest BCUT2D eigenvalue weighted by molar-refractivity contribution is 0.576. The van der Waals surface area contributed by atoms with Gasteiger partial charge in [0.05, 0.1) is 0 Å². The normalized spacial score (nSPS) is 24.2. The Kier molecular flexibility index (Phi) is 4.29. The van der Waals surface area contributed by atoms with E-state index in [0.717, 1.165) is 18.4 Å². The molecule has 2 N–H and O–H groups in total. The summed E-state index contributed by atoms with van der Waals surface area (Å²) in [6.45, 7) is 1.06.